The van der Waals surface area contributed by atoms with Gasteiger partial charge >= 0.3 is 5.97 Å². The molecule has 4 heteroatoms. The number of rotatable bonds is 1. The van der Waals surface area contributed by atoms with Crippen LogP contribution in [0.1, 0.15) is 19.3 Å². The lowest BCUT2D eigenvalue weighted by atomic mass is 9.77. The van der Waals surface area contributed by atoms with Crippen LogP contribution in [-0.2, 0) is 9.53 Å². The lowest BCUT2D eigenvalue weighted by Gasteiger charge is -2.36. The molecule has 2 fully saturated rings. The van der Waals surface area contributed by atoms with E-state index < -0.39 is 0 Å². The highest BCUT2D eigenvalue weighted by Crippen LogP contribution is 2.40. The van der Waals surface area contributed by atoms with Gasteiger partial charge in [0.15, 0.2) is 0 Å². The summed E-state index contributed by atoms with van der Waals surface area (Å²) in [5.41, 5.74) is -0.189. The van der Waals surface area contributed by atoms with Gasteiger partial charge in [-0.2, -0.15) is 0 Å². The molecule has 2 aliphatic rings. The lowest BCUT2D eigenvalue weighted by Crippen LogP contribution is -2.42. The van der Waals surface area contributed by atoms with Crippen LogP contribution in [-0.4, -0.2) is 30.6 Å². The van der Waals surface area contributed by atoms with Crippen molar-refractivity contribution in [3.05, 3.63) is 24.4 Å². The van der Waals surface area contributed by atoms with Crippen molar-refractivity contribution in [3.8, 4) is 0 Å². The zero-order chi connectivity index (χ0) is 11.7. The molecule has 2 aliphatic heterocycles. The molecular weight excluding hydrogens is 216 g/mol. The van der Waals surface area contributed by atoms with Crippen LogP contribution in [0, 0.1) is 5.41 Å². The Labute approximate surface area is 101 Å². The van der Waals surface area contributed by atoms with Gasteiger partial charge in [0, 0.05) is 19.3 Å². The van der Waals surface area contributed by atoms with E-state index in [-0.39, 0.29) is 11.4 Å². The maximum Gasteiger partial charge on any atom is 0.312 e. The topological polar surface area (TPSA) is 42.4 Å². The van der Waals surface area contributed by atoms with Gasteiger partial charge in [-0.3, -0.25) is 4.79 Å². The number of carbonyl (C=O) groups excluding carboxylic acids is 1. The summed E-state index contributed by atoms with van der Waals surface area (Å²) in [4.78, 5) is 18.3. The number of cyclic esters (lactones) is 1. The van der Waals surface area contributed by atoms with Crippen LogP contribution in [0.5, 0.6) is 0 Å². The summed E-state index contributed by atoms with van der Waals surface area (Å²) in [7, 11) is 0. The van der Waals surface area contributed by atoms with Gasteiger partial charge in [-0.1, -0.05) is 6.07 Å². The van der Waals surface area contributed by atoms with Crippen LogP contribution >= 0.6 is 0 Å². The minimum absolute atomic E-state index is 0.0122. The first-order valence-electron chi connectivity index (χ1n) is 6.13. The Bertz CT molecular complexity index is 411. The molecule has 0 atom stereocenters. The van der Waals surface area contributed by atoms with Crippen LogP contribution in [0.25, 0.3) is 0 Å². The van der Waals surface area contributed by atoms with E-state index in [1.165, 1.54) is 0 Å². The monoisotopic (exact) mass is 232 g/mol. The molecule has 0 aromatic carbocycles. The molecule has 0 unspecified atom stereocenters. The predicted octanol–water partition coefficient (Wildman–Crippen LogP) is 1.62. The number of carbonyl (C=O) groups is 1. The second kappa shape index (κ2) is 4.02. The third-order valence-electron chi connectivity index (χ3n) is 3.94. The average Bonchev–Trinajstić information content (AvgIpc) is 2.73. The molecule has 3 rings (SSSR count). The van der Waals surface area contributed by atoms with Gasteiger partial charge in [0.05, 0.1) is 12.0 Å². The second-order valence-electron chi connectivity index (χ2n) is 4.84. The van der Waals surface area contributed by atoms with Crippen molar-refractivity contribution in [2.45, 2.75) is 19.3 Å². The first-order valence-corrected chi connectivity index (χ1v) is 6.13. The van der Waals surface area contributed by atoms with E-state index in [0.717, 1.165) is 38.2 Å². The molecule has 0 N–H and O–H groups in total. The van der Waals surface area contributed by atoms with Crippen molar-refractivity contribution in [3.63, 3.8) is 0 Å². The van der Waals surface area contributed by atoms with Crippen molar-refractivity contribution in [2.75, 3.05) is 24.6 Å². The van der Waals surface area contributed by atoms with E-state index in [1.54, 1.807) is 0 Å². The van der Waals surface area contributed by atoms with Crippen molar-refractivity contribution < 1.29 is 9.53 Å². The molecule has 0 radical (unpaired) electrons. The molecule has 0 saturated carbocycles. The largest absolute Gasteiger partial charge is 0.465 e. The SMILES string of the molecule is O=C1OCCC12CCN(c1ccccn1)CC2. The van der Waals surface area contributed by atoms with Gasteiger partial charge in [0.2, 0.25) is 0 Å². The van der Waals surface area contributed by atoms with E-state index in [1.807, 2.05) is 24.4 Å². The molecule has 17 heavy (non-hydrogen) atoms. The molecule has 4 nitrogen and oxygen atoms in total. The molecule has 1 aromatic heterocycles. The van der Waals surface area contributed by atoms with Crippen molar-refractivity contribution in [2.24, 2.45) is 5.41 Å². The van der Waals surface area contributed by atoms with E-state index in [0.29, 0.717) is 6.61 Å². The number of ether oxygens (including phenoxy) is 1. The summed E-state index contributed by atoms with van der Waals surface area (Å²) in [5, 5.41) is 0. The molecule has 0 amide bonds. The van der Waals surface area contributed by atoms with E-state index >= 15 is 0 Å². The summed E-state index contributed by atoms with van der Waals surface area (Å²) in [6.07, 6.45) is 4.48. The van der Waals surface area contributed by atoms with Gasteiger partial charge in [0.25, 0.3) is 0 Å². The highest BCUT2D eigenvalue weighted by Gasteiger charge is 2.46. The number of hydrogen-bond donors (Lipinski definition) is 0. The molecule has 2 saturated heterocycles. The number of hydrogen-bond acceptors (Lipinski definition) is 4. The first kappa shape index (κ1) is 10.6. The normalized spacial score (nSPS) is 22.8. The number of anilines is 1. The number of piperidine rings is 1. The van der Waals surface area contributed by atoms with Gasteiger partial charge < -0.3 is 9.64 Å². The molecule has 3 heterocycles. The average molecular weight is 232 g/mol. The summed E-state index contributed by atoms with van der Waals surface area (Å²) in [6.45, 7) is 2.39. The van der Waals surface area contributed by atoms with Gasteiger partial charge in [-0.15, -0.1) is 0 Å². The van der Waals surface area contributed by atoms with Gasteiger partial charge in [0.1, 0.15) is 5.82 Å². The van der Waals surface area contributed by atoms with Crippen molar-refractivity contribution in [1.29, 1.82) is 0 Å². The number of aromatic nitrogens is 1. The van der Waals surface area contributed by atoms with Gasteiger partial charge in [-0.25, -0.2) is 4.98 Å². The first-order chi connectivity index (χ1) is 8.30. The number of esters is 1. The van der Waals surface area contributed by atoms with E-state index in [2.05, 4.69) is 9.88 Å². The lowest BCUT2D eigenvalue weighted by molar-refractivity contribution is -0.147. The zero-order valence-corrected chi connectivity index (χ0v) is 9.76. The standard InChI is InChI=1S/C13H16N2O2/c16-12-13(6-10-17-12)4-8-15(9-5-13)11-3-1-2-7-14-11/h1-3,7H,4-6,8-10H2. The van der Waals surface area contributed by atoms with Gasteiger partial charge in [-0.05, 0) is 31.4 Å². The van der Waals surface area contributed by atoms with Crippen LogP contribution in [0.4, 0.5) is 5.82 Å². The van der Waals surface area contributed by atoms with Crippen molar-refractivity contribution in [1.82, 2.24) is 4.98 Å². The van der Waals surface area contributed by atoms with Crippen LogP contribution in [0.3, 0.4) is 0 Å². The zero-order valence-electron chi connectivity index (χ0n) is 9.76. The quantitative estimate of drug-likeness (QED) is 0.690. The Morgan fingerprint density at radius 2 is 2.06 bits per heavy atom. The number of pyridine rings is 1. The highest BCUT2D eigenvalue weighted by atomic mass is 16.5. The Morgan fingerprint density at radius 3 is 2.65 bits per heavy atom. The highest BCUT2D eigenvalue weighted by molar-refractivity contribution is 5.79. The third-order valence-corrected chi connectivity index (χ3v) is 3.94. The van der Waals surface area contributed by atoms with Crippen LogP contribution in [0.2, 0.25) is 0 Å². The summed E-state index contributed by atoms with van der Waals surface area (Å²) < 4.78 is 5.11. The fourth-order valence-corrected chi connectivity index (χ4v) is 2.75. The summed E-state index contributed by atoms with van der Waals surface area (Å²) in [6, 6.07) is 5.94. The maximum atomic E-state index is 11.7. The molecule has 1 aromatic rings. The van der Waals surface area contributed by atoms with E-state index in [9.17, 15) is 4.79 Å². The fourth-order valence-electron chi connectivity index (χ4n) is 2.75. The molecule has 0 bridgehead atoms. The fraction of sp³-hybridized carbons (Fsp3) is 0.538. The van der Waals surface area contributed by atoms with Crippen LogP contribution < -0.4 is 4.90 Å². The number of nitrogens with zero attached hydrogens (tertiary/aromatic N) is 2. The Kier molecular flexibility index (Phi) is 2.50. The molecule has 0 aliphatic carbocycles. The molecule has 1 spiro atoms. The second-order valence-corrected chi connectivity index (χ2v) is 4.84. The molecular formula is C13H16N2O2. The predicted molar refractivity (Wildman–Crippen MR) is 63.7 cm³/mol. The molecule has 90 valence electrons. The summed E-state index contributed by atoms with van der Waals surface area (Å²) in [5.74, 6) is 1.02. The third kappa shape index (κ3) is 1.77. The van der Waals surface area contributed by atoms with Crippen molar-refractivity contribution >= 4 is 11.8 Å². The summed E-state index contributed by atoms with van der Waals surface area (Å²) >= 11 is 0. The smallest absolute Gasteiger partial charge is 0.312 e. The minimum atomic E-state index is -0.189. The Morgan fingerprint density at radius 1 is 1.24 bits per heavy atom. The van der Waals surface area contributed by atoms with E-state index in [4.69, 9.17) is 4.74 Å². The Balaban J connectivity index is 1.70. The van der Waals surface area contributed by atoms with Crippen LogP contribution in [0.15, 0.2) is 24.4 Å². The Hall–Kier alpha value is -1.58. The minimum Gasteiger partial charge on any atom is -0.465 e. The maximum absolute atomic E-state index is 11.7.